The standard InChI is InChI=1S/C19H28N2O/c1-3-21(2)18(17-12-8-5-9-13-17)19(22)20-15-14-16-10-6-4-7-11-16/h5,8-10,12-13,18H,3-4,6-7,11,14-15H2,1-2H3,(H,20,22). The summed E-state index contributed by atoms with van der Waals surface area (Å²) in [5.74, 6) is 0.104. The van der Waals surface area contributed by atoms with E-state index in [2.05, 4.69) is 23.2 Å². The molecule has 3 nitrogen and oxygen atoms in total. The molecule has 22 heavy (non-hydrogen) atoms. The number of benzene rings is 1. The van der Waals surface area contributed by atoms with Crippen molar-refractivity contribution >= 4 is 5.91 Å². The number of rotatable bonds is 7. The van der Waals surface area contributed by atoms with Crippen LogP contribution in [-0.4, -0.2) is 30.9 Å². The zero-order chi connectivity index (χ0) is 15.8. The molecule has 0 spiro atoms. The van der Waals surface area contributed by atoms with Gasteiger partial charge in [-0.05, 0) is 51.3 Å². The molecule has 1 aliphatic carbocycles. The minimum absolute atomic E-state index is 0.104. The molecular weight excluding hydrogens is 272 g/mol. The third-order valence-electron chi connectivity index (χ3n) is 4.43. The first-order chi connectivity index (χ1) is 10.7. The maximum Gasteiger partial charge on any atom is 0.241 e. The Morgan fingerprint density at radius 3 is 2.68 bits per heavy atom. The second-order valence-corrected chi connectivity index (χ2v) is 6.04. The van der Waals surface area contributed by atoms with Gasteiger partial charge < -0.3 is 5.32 Å². The molecule has 0 heterocycles. The van der Waals surface area contributed by atoms with Crippen molar-refractivity contribution in [1.29, 1.82) is 0 Å². The van der Waals surface area contributed by atoms with Crippen LogP contribution < -0.4 is 5.32 Å². The summed E-state index contributed by atoms with van der Waals surface area (Å²) in [6.45, 7) is 3.67. The molecule has 1 N–H and O–H groups in total. The summed E-state index contributed by atoms with van der Waals surface area (Å²) in [7, 11) is 2.00. The van der Waals surface area contributed by atoms with Gasteiger partial charge in [-0.1, -0.05) is 48.9 Å². The summed E-state index contributed by atoms with van der Waals surface area (Å²) in [5, 5.41) is 3.12. The zero-order valence-electron chi connectivity index (χ0n) is 13.8. The maximum atomic E-state index is 12.6. The number of carbonyl (C=O) groups excluding carboxylic acids is 1. The van der Waals surface area contributed by atoms with Crippen molar-refractivity contribution in [1.82, 2.24) is 10.2 Å². The summed E-state index contributed by atoms with van der Waals surface area (Å²) >= 11 is 0. The molecule has 0 radical (unpaired) electrons. The number of hydrogen-bond donors (Lipinski definition) is 1. The molecule has 1 aliphatic rings. The van der Waals surface area contributed by atoms with Gasteiger partial charge in [0.15, 0.2) is 0 Å². The molecule has 2 rings (SSSR count). The van der Waals surface area contributed by atoms with Crippen molar-refractivity contribution in [3.05, 3.63) is 47.5 Å². The molecule has 1 aromatic rings. The Morgan fingerprint density at radius 2 is 2.05 bits per heavy atom. The number of hydrogen-bond acceptors (Lipinski definition) is 2. The molecule has 0 bridgehead atoms. The Labute approximate surface area is 134 Å². The summed E-state index contributed by atoms with van der Waals surface area (Å²) < 4.78 is 0. The molecule has 1 atom stereocenters. The predicted octanol–water partition coefficient (Wildman–Crippen LogP) is 3.69. The van der Waals surface area contributed by atoms with E-state index in [1.165, 1.54) is 31.3 Å². The maximum absolute atomic E-state index is 12.6. The van der Waals surface area contributed by atoms with Crippen molar-refractivity contribution in [2.75, 3.05) is 20.1 Å². The largest absolute Gasteiger partial charge is 0.354 e. The van der Waals surface area contributed by atoms with Crippen LogP contribution in [0.3, 0.4) is 0 Å². The predicted molar refractivity (Wildman–Crippen MR) is 91.7 cm³/mol. The topological polar surface area (TPSA) is 32.3 Å². The monoisotopic (exact) mass is 300 g/mol. The van der Waals surface area contributed by atoms with Gasteiger partial charge >= 0.3 is 0 Å². The van der Waals surface area contributed by atoms with E-state index < -0.39 is 0 Å². The summed E-state index contributed by atoms with van der Waals surface area (Å²) in [6, 6.07) is 9.82. The summed E-state index contributed by atoms with van der Waals surface area (Å²) in [4.78, 5) is 14.7. The van der Waals surface area contributed by atoms with Crippen LogP contribution >= 0.6 is 0 Å². The minimum atomic E-state index is -0.202. The Bertz CT molecular complexity index is 495. The van der Waals surface area contributed by atoms with Crippen molar-refractivity contribution in [3.63, 3.8) is 0 Å². The molecule has 0 saturated heterocycles. The lowest BCUT2D eigenvalue weighted by molar-refractivity contribution is -0.126. The molecular formula is C19H28N2O. The van der Waals surface area contributed by atoms with Crippen LogP contribution in [0, 0.1) is 0 Å². The van der Waals surface area contributed by atoms with Gasteiger partial charge in [0.05, 0.1) is 0 Å². The van der Waals surface area contributed by atoms with E-state index >= 15 is 0 Å². The SMILES string of the molecule is CCN(C)C(C(=O)NCCC1=CCCCC1)c1ccccc1. The number of nitrogens with zero attached hydrogens (tertiary/aromatic N) is 1. The average molecular weight is 300 g/mol. The highest BCUT2D eigenvalue weighted by molar-refractivity contribution is 5.83. The third-order valence-corrected chi connectivity index (χ3v) is 4.43. The normalized spacial score (nSPS) is 16.2. The number of nitrogens with one attached hydrogen (secondary N) is 1. The van der Waals surface area contributed by atoms with Crippen LogP contribution in [0.25, 0.3) is 0 Å². The van der Waals surface area contributed by atoms with Crippen LogP contribution in [0.15, 0.2) is 42.0 Å². The lowest BCUT2D eigenvalue weighted by Crippen LogP contribution is -2.39. The summed E-state index contributed by atoms with van der Waals surface area (Å²) in [6.07, 6.45) is 8.35. The third kappa shape index (κ3) is 4.70. The Hall–Kier alpha value is -1.61. The minimum Gasteiger partial charge on any atom is -0.354 e. The smallest absolute Gasteiger partial charge is 0.241 e. The van der Waals surface area contributed by atoms with E-state index in [0.717, 1.165) is 25.1 Å². The number of carbonyl (C=O) groups is 1. The molecule has 0 saturated carbocycles. The van der Waals surface area contributed by atoms with E-state index in [-0.39, 0.29) is 11.9 Å². The van der Waals surface area contributed by atoms with Crippen LogP contribution in [0.1, 0.15) is 50.6 Å². The zero-order valence-corrected chi connectivity index (χ0v) is 13.8. The second kappa shape index (κ2) is 8.74. The van der Waals surface area contributed by atoms with E-state index in [1.807, 2.05) is 37.4 Å². The quantitative estimate of drug-likeness (QED) is 0.779. The second-order valence-electron chi connectivity index (χ2n) is 6.04. The molecule has 0 fully saturated rings. The first-order valence-corrected chi connectivity index (χ1v) is 8.43. The number of allylic oxidation sites excluding steroid dienone is 1. The summed E-state index contributed by atoms with van der Waals surface area (Å²) in [5.41, 5.74) is 2.56. The van der Waals surface area contributed by atoms with Gasteiger partial charge in [0.1, 0.15) is 6.04 Å². The van der Waals surface area contributed by atoms with Gasteiger partial charge in [-0.3, -0.25) is 9.69 Å². The molecule has 3 heteroatoms. The first-order valence-electron chi connectivity index (χ1n) is 8.43. The molecule has 0 aliphatic heterocycles. The van der Waals surface area contributed by atoms with Crippen molar-refractivity contribution < 1.29 is 4.79 Å². The van der Waals surface area contributed by atoms with Gasteiger partial charge in [0.25, 0.3) is 0 Å². The van der Waals surface area contributed by atoms with Crippen LogP contribution in [0.2, 0.25) is 0 Å². The molecule has 1 unspecified atom stereocenters. The molecule has 1 aromatic carbocycles. The van der Waals surface area contributed by atoms with E-state index in [0.29, 0.717) is 0 Å². The lowest BCUT2D eigenvalue weighted by Gasteiger charge is -2.26. The van der Waals surface area contributed by atoms with Gasteiger partial charge in [0, 0.05) is 6.54 Å². The van der Waals surface area contributed by atoms with Crippen molar-refractivity contribution in [2.24, 2.45) is 0 Å². The fourth-order valence-corrected chi connectivity index (χ4v) is 3.00. The first kappa shape index (κ1) is 16.8. The fraction of sp³-hybridized carbons (Fsp3) is 0.526. The molecule has 0 aromatic heterocycles. The van der Waals surface area contributed by atoms with E-state index in [4.69, 9.17) is 0 Å². The van der Waals surface area contributed by atoms with E-state index in [9.17, 15) is 4.79 Å². The number of amides is 1. The lowest BCUT2D eigenvalue weighted by atomic mass is 9.97. The number of likely N-dealkylation sites (N-methyl/N-ethyl adjacent to an activating group) is 1. The van der Waals surface area contributed by atoms with Gasteiger partial charge in [-0.15, -0.1) is 0 Å². The Morgan fingerprint density at radius 1 is 1.27 bits per heavy atom. The van der Waals surface area contributed by atoms with Gasteiger partial charge in [-0.2, -0.15) is 0 Å². The molecule has 120 valence electrons. The van der Waals surface area contributed by atoms with Crippen molar-refractivity contribution in [3.8, 4) is 0 Å². The van der Waals surface area contributed by atoms with Gasteiger partial charge in [-0.25, -0.2) is 0 Å². The molecule has 1 amide bonds. The highest BCUT2D eigenvalue weighted by atomic mass is 16.2. The van der Waals surface area contributed by atoms with Gasteiger partial charge in [0.2, 0.25) is 5.91 Å². The Kier molecular flexibility index (Phi) is 6.66. The van der Waals surface area contributed by atoms with Crippen LogP contribution in [0.4, 0.5) is 0 Å². The highest BCUT2D eigenvalue weighted by Gasteiger charge is 2.23. The van der Waals surface area contributed by atoms with Crippen molar-refractivity contribution in [2.45, 2.75) is 45.1 Å². The van der Waals surface area contributed by atoms with Crippen LogP contribution in [0.5, 0.6) is 0 Å². The Balaban J connectivity index is 1.93. The fourth-order valence-electron chi connectivity index (χ4n) is 3.00. The highest BCUT2D eigenvalue weighted by Crippen LogP contribution is 2.21. The van der Waals surface area contributed by atoms with E-state index in [1.54, 1.807) is 0 Å². The van der Waals surface area contributed by atoms with Crippen LogP contribution in [-0.2, 0) is 4.79 Å². The average Bonchev–Trinajstić information content (AvgIpc) is 2.57.